The van der Waals surface area contributed by atoms with E-state index in [1.165, 1.54) is 0 Å². The molecule has 1 saturated heterocycles. The summed E-state index contributed by atoms with van der Waals surface area (Å²) in [5.74, 6) is 7.77. The number of nitrogens with one attached hydrogen (secondary N) is 1. The maximum absolute atomic E-state index is 11.6. The van der Waals surface area contributed by atoms with Crippen molar-refractivity contribution in [1.82, 2.24) is 5.32 Å². The molecule has 1 aliphatic rings. The number of hydrogen-bond acceptors (Lipinski definition) is 6. The molecule has 0 bridgehead atoms. The number of ether oxygens (including phenoxy) is 3. The Hall–Kier alpha value is -2.82. The highest BCUT2D eigenvalue weighted by atomic mass is 35.5. The van der Waals surface area contributed by atoms with Crippen LogP contribution in [0.4, 0.5) is 0 Å². The Morgan fingerprint density at radius 2 is 1.74 bits per heavy atom. The fraction of sp³-hybridized carbons (Fsp3) is 0.323. The highest BCUT2D eigenvalue weighted by Crippen LogP contribution is 2.36. The fourth-order valence-electron chi connectivity index (χ4n) is 4.21. The van der Waals surface area contributed by atoms with Gasteiger partial charge in [0, 0.05) is 25.9 Å². The van der Waals surface area contributed by atoms with Gasteiger partial charge in [0.2, 0.25) is 0 Å². The van der Waals surface area contributed by atoms with E-state index in [4.69, 9.17) is 37.4 Å². The summed E-state index contributed by atoms with van der Waals surface area (Å²) in [6.45, 7) is 6.05. The Morgan fingerprint density at radius 1 is 1.00 bits per heavy atom. The Kier molecular flexibility index (Phi) is 10.9. The monoisotopic (exact) mass is 583 g/mol. The summed E-state index contributed by atoms with van der Waals surface area (Å²) >= 11 is 14.0. The van der Waals surface area contributed by atoms with Gasteiger partial charge in [-0.1, -0.05) is 46.8 Å². The lowest BCUT2D eigenvalue weighted by atomic mass is 9.93. The van der Waals surface area contributed by atoms with Crippen molar-refractivity contribution in [2.75, 3.05) is 26.3 Å². The minimum Gasteiger partial charge on any atom is -0.490 e. The number of carbonyl (C=O) groups excluding carboxylic acids is 1. The summed E-state index contributed by atoms with van der Waals surface area (Å²) in [4.78, 5) is 13.5. The molecule has 4 rings (SSSR count). The smallest absolute Gasteiger partial charge is 0.344 e. The Balaban J connectivity index is 1.54. The predicted molar refractivity (Wildman–Crippen MR) is 157 cm³/mol. The average Bonchev–Trinajstić information content (AvgIpc) is 2.93. The van der Waals surface area contributed by atoms with Crippen LogP contribution in [0.5, 0.6) is 11.5 Å². The first kappa shape index (κ1) is 29.2. The Labute approximate surface area is 244 Å². The molecule has 5 nitrogen and oxygen atoms in total. The molecule has 39 heavy (non-hydrogen) atoms. The first-order chi connectivity index (χ1) is 18.9. The number of carbonyl (C=O) groups is 1. The van der Waals surface area contributed by atoms with Crippen molar-refractivity contribution in [2.45, 2.75) is 42.6 Å². The molecule has 0 spiro atoms. The number of rotatable bonds is 9. The minimum atomic E-state index is -0.435. The Bertz CT molecular complexity index is 1330. The molecule has 1 N–H and O–H groups in total. The third-order valence-corrected chi connectivity index (χ3v) is 7.74. The average molecular weight is 585 g/mol. The van der Waals surface area contributed by atoms with E-state index in [9.17, 15) is 4.79 Å². The van der Waals surface area contributed by atoms with Gasteiger partial charge in [0.05, 0.1) is 17.7 Å². The van der Waals surface area contributed by atoms with Crippen LogP contribution in [-0.4, -0.2) is 38.4 Å². The van der Waals surface area contributed by atoms with Crippen LogP contribution >= 0.6 is 35.0 Å². The van der Waals surface area contributed by atoms with E-state index >= 15 is 0 Å². The minimum absolute atomic E-state index is 0.0923. The molecule has 0 amide bonds. The molecule has 1 atom stereocenters. The van der Waals surface area contributed by atoms with E-state index < -0.39 is 5.97 Å². The summed E-state index contributed by atoms with van der Waals surface area (Å²) in [6.07, 6.45) is 2.29. The third-order valence-electron chi connectivity index (χ3n) is 6.23. The van der Waals surface area contributed by atoms with Gasteiger partial charge < -0.3 is 19.5 Å². The lowest BCUT2D eigenvalue weighted by Gasteiger charge is -2.28. The maximum Gasteiger partial charge on any atom is 0.344 e. The van der Waals surface area contributed by atoms with Gasteiger partial charge >= 0.3 is 5.97 Å². The molecule has 1 fully saturated rings. The molecule has 204 valence electrons. The van der Waals surface area contributed by atoms with E-state index in [2.05, 4.69) is 24.1 Å². The zero-order chi connectivity index (χ0) is 27.6. The molecule has 0 radical (unpaired) electrons. The molecule has 3 aromatic carbocycles. The zero-order valence-electron chi connectivity index (χ0n) is 22.0. The molecule has 1 heterocycles. The molecule has 1 unspecified atom stereocenters. The van der Waals surface area contributed by atoms with Crippen molar-refractivity contribution < 1.29 is 19.0 Å². The molecular formula is C31H31Cl2NO4S. The van der Waals surface area contributed by atoms with Crippen molar-refractivity contribution in [3.05, 3.63) is 81.8 Å². The number of hydrogen-bond donors (Lipinski definition) is 1. The van der Waals surface area contributed by atoms with Crippen molar-refractivity contribution in [1.29, 1.82) is 0 Å². The number of esters is 1. The van der Waals surface area contributed by atoms with Crippen molar-refractivity contribution in [3.63, 3.8) is 0 Å². The summed E-state index contributed by atoms with van der Waals surface area (Å²) in [5.41, 5.74) is 1.73. The molecule has 0 aromatic heterocycles. The Morgan fingerprint density at radius 3 is 2.46 bits per heavy atom. The lowest BCUT2D eigenvalue weighted by molar-refractivity contribution is -0.145. The van der Waals surface area contributed by atoms with Crippen molar-refractivity contribution in [3.8, 4) is 23.3 Å². The largest absolute Gasteiger partial charge is 0.490 e. The first-order valence-electron chi connectivity index (χ1n) is 13.0. The van der Waals surface area contributed by atoms with Gasteiger partial charge in [0.1, 0.15) is 11.5 Å². The van der Waals surface area contributed by atoms with Gasteiger partial charge in [0.25, 0.3) is 0 Å². The van der Waals surface area contributed by atoms with E-state index in [1.54, 1.807) is 24.8 Å². The standard InChI is InChI=1S/C31H31Cl2NO4S/c1-3-36-31(35)20-37-30-11-10-27(19-29(30)33)39-28-17-23(5-4-22-6-8-25(32)9-7-22)16-26(18-28)38-21(2)24-12-14-34-15-13-24/h6-11,16-19,21,24,34H,3,12-15,20H2,1-2H3. The van der Waals surface area contributed by atoms with Gasteiger partial charge in [0.15, 0.2) is 6.61 Å². The summed E-state index contributed by atoms with van der Waals surface area (Å²) < 4.78 is 16.9. The lowest BCUT2D eigenvalue weighted by Crippen LogP contribution is -2.35. The highest BCUT2D eigenvalue weighted by Gasteiger charge is 2.21. The van der Waals surface area contributed by atoms with Crippen molar-refractivity contribution >= 4 is 40.9 Å². The van der Waals surface area contributed by atoms with Gasteiger partial charge in [-0.05, 0) is 106 Å². The van der Waals surface area contributed by atoms with Crippen LogP contribution in [0.1, 0.15) is 37.8 Å². The zero-order valence-corrected chi connectivity index (χ0v) is 24.3. The van der Waals surface area contributed by atoms with Crippen molar-refractivity contribution in [2.24, 2.45) is 5.92 Å². The second-order valence-electron chi connectivity index (χ2n) is 9.15. The van der Waals surface area contributed by atoms with E-state index in [1.807, 2.05) is 54.6 Å². The number of halogens is 2. The summed E-state index contributed by atoms with van der Waals surface area (Å²) in [7, 11) is 0. The van der Waals surface area contributed by atoms with Crippen LogP contribution in [0, 0.1) is 17.8 Å². The quantitative estimate of drug-likeness (QED) is 0.211. The molecular weight excluding hydrogens is 553 g/mol. The topological polar surface area (TPSA) is 56.8 Å². The SMILES string of the molecule is CCOC(=O)COc1ccc(Sc2cc(C#Cc3ccc(Cl)cc3)cc(OC(C)C3CCNCC3)c2)cc1Cl. The van der Waals surface area contributed by atoms with E-state index in [0.717, 1.165) is 52.6 Å². The number of piperidine rings is 1. The fourth-order valence-corrected chi connectivity index (χ4v) is 5.58. The van der Waals surface area contributed by atoms with E-state index in [0.29, 0.717) is 28.3 Å². The van der Waals surface area contributed by atoms with Crippen LogP contribution in [-0.2, 0) is 9.53 Å². The van der Waals surface area contributed by atoms with Gasteiger partial charge in [-0.3, -0.25) is 0 Å². The molecule has 0 aliphatic carbocycles. The van der Waals surface area contributed by atoms with Crippen LogP contribution in [0.2, 0.25) is 10.0 Å². The van der Waals surface area contributed by atoms with Crippen LogP contribution in [0.3, 0.4) is 0 Å². The predicted octanol–water partition coefficient (Wildman–Crippen LogP) is 7.25. The molecule has 1 aliphatic heterocycles. The van der Waals surface area contributed by atoms with E-state index in [-0.39, 0.29) is 12.7 Å². The molecule has 8 heteroatoms. The molecule has 0 saturated carbocycles. The van der Waals surface area contributed by atoms with Gasteiger partial charge in [-0.25, -0.2) is 4.79 Å². The van der Waals surface area contributed by atoms with Crippen LogP contribution < -0.4 is 14.8 Å². The highest BCUT2D eigenvalue weighted by molar-refractivity contribution is 7.99. The van der Waals surface area contributed by atoms with Crippen LogP contribution in [0.15, 0.2) is 70.5 Å². The second-order valence-corrected chi connectivity index (χ2v) is 11.1. The summed E-state index contributed by atoms with van der Waals surface area (Å²) in [5, 5.41) is 4.51. The van der Waals surface area contributed by atoms with Crippen LogP contribution in [0.25, 0.3) is 0 Å². The normalized spacial score (nSPS) is 14.2. The molecule has 3 aromatic rings. The summed E-state index contributed by atoms with van der Waals surface area (Å²) in [6, 6.07) is 19.0. The third kappa shape index (κ3) is 9.12. The maximum atomic E-state index is 11.6. The first-order valence-corrected chi connectivity index (χ1v) is 14.5. The van der Waals surface area contributed by atoms with Gasteiger partial charge in [-0.2, -0.15) is 0 Å². The number of benzene rings is 3. The second kappa shape index (κ2) is 14.5. The van der Waals surface area contributed by atoms with Gasteiger partial charge in [-0.15, -0.1) is 0 Å².